The Balaban J connectivity index is 1.77. The quantitative estimate of drug-likeness (QED) is 0.626. The van der Waals surface area contributed by atoms with E-state index in [0.717, 1.165) is 22.7 Å². The number of thiophene rings is 1. The average molecular weight is 250 g/mol. The number of aromatic nitrogens is 2. The summed E-state index contributed by atoms with van der Waals surface area (Å²) >= 11 is 1.58. The van der Waals surface area contributed by atoms with Crippen molar-refractivity contribution in [1.29, 1.82) is 0 Å². The van der Waals surface area contributed by atoms with Gasteiger partial charge in [0, 0.05) is 6.61 Å². The van der Waals surface area contributed by atoms with E-state index in [2.05, 4.69) is 15.4 Å². The lowest BCUT2D eigenvalue weighted by molar-refractivity contribution is 0.106. The van der Waals surface area contributed by atoms with Crippen molar-refractivity contribution in [3.63, 3.8) is 0 Å². The van der Waals surface area contributed by atoms with E-state index in [9.17, 15) is 0 Å². The summed E-state index contributed by atoms with van der Waals surface area (Å²) in [6.45, 7) is 1.27. The molecule has 2 heterocycles. The van der Waals surface area contributed by atoms with E-state index >= 15 is 0 Å². The third kappa shape index (κ3) is 2.38. The molecule has 0 bridgehead atoms. The second-order valence-corrected chi connectivity index (χ2v) is 5.13. The predicted octanol–water partition coefficient (Wildman–Crippen LogP) is 1.90. The van der Waals surface area contributed by atoms with E-state index in [-0.39, 0.29) is 0 Å². The Hall–Kier alpha value is -1.24. The molecule has 1 fully saturated rings. The number of anilines is 1. The molecular formula is C11H14N4OS. The smallest absolute Gasteiger partial charge is 0.158 e. The van der Waals surface area contributed by atoms with Crippen LogP contribution in [0, 0.1) is 5.92 Å². The van der Waals surface area contributed by atoms with Gasteiger partial charge in [-0.2, -0.15) is 0 Å². The van der Waals surface area contributed by atoms with Gasteiger partial charge in [-0.15, -0.1) is 11.3 Å². The molecule has 3 N–H and O–H groups in total. The Bertz CT molecular complexity index is 523. The van der Waals surface area contributed by atoms with Gasteiger partial charge in [0.05, 0.1) is 5.39 Å². The van der Waals surface area contributed by atoms with Gasteiger partial charge < -0.3 is 10.2 Å². The van der Waals surface area contributed by atoms with Crippen LogP contribution in [0.25, 0.3) is 10.2 Å². The molecule has 1 saturated carbocycles. The van der Waals surface area contributed by atoms with Gasteiger partial charge >= 0.3 is 0 Å². The van der Waals surface area contributed by atoms with Gasteiger partial charge in [0.2, 0.25) is 0 Å². The maximum atomic E-state index is 5.58. The fourth-order valence-electron chi connectivity index (χ4n) is 1.68. The maximum absolute atomic E-state index is 5.58. The summed E-state index contributed by atoms with van der Waals surface area (Å²) < 4.78 is 5.58. The van der Waals surface area contributed by atoms with Gasteiger partial charge in [-0.05, 0) is 30.2 Å². The molecule has 0 unspecified atom stereocenters. The Kier molecular flexibility index (Phi) is 2.92. The van der Waals surface area contributed by atoms with Crippen LogP contribution in [0.1, 0.15) is 18.7 Å². The van der Waals surface area contributed by atoms with Crippen LogP contribution in [0.15, 0.2) is 11.4 Å². The summed E-state index contributed by atoms with van der Waals surface area (Å²) in [7, 11) is 0. The van der Waals surface area contributed by atoms with Crippen LogP contribution < -0.4 is 11.3 Å². The van der Waals surface area contributed by atoms with E-state index in [4.69, 9.17) is 10.6 Å². The number of nitrogen functional groups attached to an aromatic ring is 1. The highest BCUT2D eigenvalue weighted by atomic mass is 32.1. The van der Waals surface area contributed by atoms with Crippen LogP contribution in [0.4, 0.5) is 5.82 Å². The summed E-state index contributed by atoms with van der Waals surface area (Å²) in [5.74, 6) is 7.57. The van der Waals surface area contributed by atoms with Gasteiger partial charge in [0.25, 0.3) is 0 Å². The van der Waals surface area contributed by atoms with Crippen LogP contribution in [-0.4, -0.2) is 16.6 Å². The van der Waals surface area contributed by atoms with E-state index in [1.165, 1.54) is 12.8 Å². The molecule has 1 aliphatic carbocycles. The van der Waals surface area contributed by atoms with Gasteiger partial charge in [0.15, 0.2) is 11.6 Å². The Morgan fingerprint density at radius 1 is 1.47 bits per heavy atom. The largest absolute Gasteiger partial charge is 0.373 e. The molecular weight excluding hydrogens is 236 g/mol. The Morgan fingerprint density at radius 2 is 2.35 bits per heavy atom. The Labute approximate surface area is 103 Å². The molecule has 2 aromatic rings. The summed E-state index contributed by atoms with van der Waals surface area (Å²) in [6, 6.07) is 1.96. The lowest BCUT2D eigenvalue weighted by Crippen LogP contribution is -2.11. The van der Waals surface area contributed by atoms with Crippen molar-refractivity contribution >= 4 is 27.4 Å². The van der Waals surface area contributed by atoms with E-state index < -0.39 is 0 Å². The molecule has 5 nitrogen and oxygen atoms in total. The minimum Gasteiger partial charge on any atom is -0.373 e. The number of nitrogens with two attached hydrogens (primary N) is 1. The van der Waals surface area contributed by atoms with E-state index in [1.807, 2.05) is 11.4 Å². The first-order chi connectivity index (χ1) is 8.36. The maximum Gasteiger partial charge on any atom is 0.158 e. The summed E-state index contributed by atoms with van der Waals surface area (Å²) in [6.07, 6.45) is 2.58. The van der Waals surface area contributed by atoms with Gasteiger partial charge in [-0.1, -0.05) is 0 Å². The number of rotatable bonds is 5. The number of hydrogen-bond acceptors (Lipinski definition) is 6. The van der Waals surface area contributed by atoms with Crippen LogP contribution >= 0.6 is 11.3 Å². The number of fused-ring (bicyclic) bond motifs is 1. The molecule has 6 heteroatoms. The van der Waals surface area contributed by atoms with E-state index in [1.54, 1.807) is 11.3 Å². The number of hydrazine groups is 1. The molecule has 90 valence electrons. The second-order valence-electron chi connectivity index (χ2n) is 4.23. The molecule has 0 saturated heterocycles. The number of ether oxygens (including phenoxy) is 1. The third-order valence-corrected chi connectivity index (χ3v) is 3.60. The van der Waals surface area contributed by atoms with Crippen molar-refractivity contribution in [3.05, 3.63) is 17.3 Å². The monoisotopic (exact) mass is 250 g/mol. The lowest BCUT2D eigenvalue weighted by atomic mass is 10.4. The molecule has 0 atom stereocenters. The minimum absolute atomic E-state index is 0.457. The molecule has 0 radical (unpaired) electrons. The summed E-state index contributed by atoms with van der Waals surface area (Å²) in [5.41, 5.74) is 2.61. The first kappa shape index (κ1) is 10.9. The third-order valence-electron chi connectivity index (χ3n) is 2.79. The predicted molar refractivity (Wildman–Crippen MR) is 67.6 cm³/mol. The normalized spacial score (nSPS) is 15.4. The number of hydrogen-bond donors (Lipinski definition) is 2. The molecule has 0 spiro atoms. The second kappa shape index (κ2) is 4.56. The van der Waals surface area contributed by atoms with Crippen molar-refractivity contribution in [2.45, 2.75) is 19.4 Å². The highest BCUT2D eigenvalue weighted by molar-refractivity contribution is 7.16. The highest BCUT2D eigenvalue weighted by Crippen LogP contribution is 2.29. The van der Waals surface area contributed by atoms with Gasteiger partial charge in [-0.25, -0.2) is 15.8 Å². The molecule has 17 heavy (non-hydrogen) atoms. The molecule has 0 aromatic carbocycles. The van der Waals surface area contributed by atoms with Gasteiger partial charge in [0.1, 0.15) is 11.4 Å². The fraction of sp³-hybridized carbons (Fsp3) is 0.455. The highest BCUT2D eigenvalue weighted by Gasteiger charge is 2.21. The van der Waals surface area contributed by atoms with E-state index in [0.29, 0.717) is 18.2 Å². The van der Waals surface area contributed by atoms with Crippen molar-refractivity contribution in [1.82, 2.24) is 9.97 Å². The standard InChI is InChI=1S/C11H14N4OS/c12-15-10-8-3-4-17-11(8)14-9(13-10)6-16-5-7-1-2-7/h3-4,7H,1-2,5-6,12H2,(H,13,14,15). The lowest BCUT2D eigenvalue weighted by Gasteiger charge is -2.05. The van der Waals surface area contributed by atoms with Crippen molar-refractivity contribution in [3.8, 4) is 0 Å². The average Bonchev–Trinajstić information content (AvgIpc) is 3.04. The van der Waals surface area contributed by atoms with Crippen LogP contribution in [-0.2, 0) is 11.3 Å². The summed E-state index contributed by atoms with van der Waals surface area (Å²) in [4.78, 5) is 9.73. The molecule has 0 aliphatic heterocycles. The Morgan fingerprint density at radius 3 is 3.12 bits per heavy atom. The molecule has 0 amide bonds. The van der Waals surface area contributed by atoms with Crippen LogP contribution in [0.3, 0.4) is 0 Å². The van der Waals surface area contributed by atoms with Crippen molar-refractivity contribution in [2.24, 2.45) is 11.8 Å². The van der Waals surface area contributed by atoms with Crippen LogP contribution in [0.2, 0.25) is 0 Å². The zero-order valence-corrected chi connectivity index (χ0v) is 10.2. The fourth-order valence-corrected chi connectivity index (χ4v) is 2.46. The number of nitrogens with one attached hydrogen (secondary N) is 1. The zero-order chi connectivity index (χ0) is 11.7. The molecule has 3 rings (SSSR count). The summed E-state index contributed by atoms with van der Waals surface area (Å²) in [5, 5.41) is 2.94. The SMILES string of the molecule is NNc1nc(COCC2CC2)nc2sccc12. The zero-order valence-electron chi connectivity index (χ0n) is 9.35. The van der Waals surface area contributed by atoms with Gasteiger partial charge in [-0.3, -0.25) is 0 Å². The number of nitrogens with zero attached hydrogens (tertiary/aromatic N) is 2. The van der Waals surface area contributed by atoms with Crippen molar-refractivity contribution in [2.75, 3.05) is 12.0 Å². The topological polar surface area (TPSA) is 73.1 Å². The minimum atomic E-state index is 0.457. The first-order valence-electron chi connectivity index (χ1n) is 5.65. The first-order valence-corrected chi connectivity index (χ1v) is 6.53. The van der Waals surface area contributed by atoms with Crippen LogP contribution in [0.5, 0.6) is 0 Å². The molecule has 2 aromatic heterocycles. The van der Waals surface area contributed by atoms with Crippen molar-refractivity contribution < 1.29 is 4.74 Å². The molecule has 1 aliphatic rings.